The number of carboxylic acid groups (broad SMARTS) is 1. The molecule has 4 heteroatoms. The highest BCUT2D eigenvalue weighted by atomic mass is 16.4. The molecule has 17 heavy (non-hydrogen) atoms. The molecule has 2 aliphatic rings. The molecule has 0 spiro atoms. The van der Waals surface area contributed by atoms with E-state index in [4.69, 9.17) is 5.11 Å². The van der Waals surface area contributed by atoms with Gasteiger partial charge in [0.1, 0.15) is 6.04 Å². The molecule has 0 aromatic heterocycles. The molecule has 0 radical (unpaired) electrons. The van der Waals surface area contributed by atoms with Gasteiger partial charge in [-0.1, -0.05) is 19.8 Å². The van der Waals surface area contributed by atoms with Gasteiger partial charge in [0.15, 0.2) is 0 Å². The van der Waals surface area contributed by atoms with E-state index in [1.165, 1.54) is 12.8 Å². The number of carbonyl (C=O) groups is 1. The molecule has 1 aliphatic carbocycles. The molecule has 0 aromatic rings. The van der Waals surface area contributed by atoms with E-state index in [9.17, 15) is 9.90 Å². The molecule has 4 nitrogen and oxygen atoms in total. The van der Waals surface area contributed by atoms with Crippen LogP contribution in [0.4, 0.5) is 0 Å². The zero-order valence-corrected chi connectivity index (χ0v) is 10.5. The van der Waals surface area contributed by atoms with E-state index in [1.807, 2.05) is 11.8 Å². The molecule has 0 unspecified atom stereocenters. The minimum atomic E-state index is -0.728. The molecule has 0 bridgehead atoms. The van der Waals surface area contributed by atoms with E-state index >= 15 is 0 Å². The lowest BCUT2D eigenvalue weighted by atomic mass is 9.89. The number of nitrogens with zero attached hydrogens (tertiary/aromatic N) is 1. The van der Waals surface area contributed by atoms with Crippen LogP contribution in [-0.2, 0) is 4.79 Å². The normalized spacial score (nSPS) is 32.4. The average molecular weight is 241 g/mol. The van der Waals surface area contributed by atoms with Gasteiger partial charge in [-0.3, -0.25) is 9.69 Å². The lowest BCUT2D eigenvalue weighted by molar-refractivity contribution is -0.145. The lowest BCUT2D eigenvalue weighted by Gasteiger charge is -2.39. The first kappa shape index (κ1) is 12.8. The summed E-state index contributed by atoms with van der Waals surface area (Å²) in [6.45, 7) is 3.38. The molecule has 1 heterocycles. The van der Waals surface area contributed by atoms with Gasteiger partial charge >= 0.3 is 5.97 Å². The highest BCUT2D eigenvalue weighted by Gasteiger charge is 2.36. The highest BCUT2D eigenvalue weighted by molar-refractivity contribution is 5.73. The molecule has 1 aliphatic heterocycles. The van der Waals surface area contributed by atoms with Crippen LogP contribution in [-0.4, -0.2) is 46.3 Å². The summed E-state index contributed by atoms with van der Waals surface area (Å²) in [4.78, 5) is 13.2. The SMILES string of the molecule is CC[C@H](C(=O)O)N1CC[C@H](O)[C@@H](CC2CC2)C1. The minimum absolute atomic E-state index is 0.224. The van der Waals surface area contributed by atoms with Gasteiger partial charge < -0.3 is 10.2 Å². The second kappa shape index (κ2) is 5.36. The lowest BCUT2D eigenvalue weighted by Crippen LogP contribution is -2.50. The number of aliphatic hydroxyl groups excluding tert-OH is 1. The number of rotatable bonds is 5. The summed E-state index contributed by atoms with van der Waals surface area (Å²) < 4.78 is 0. The van der Waals surface area contributed by atoms with Crippen molar-refractivity contribution in [3.8, 4) is 0 Å². The van der Waals surface area contributed by atoms with Crippen LogP contribution < -0.4 is 0 Å². The molecular formula is C13H23NO3. The van der Waals surface area contributed by atoms with Gasteiger partial charge in [0, 0.05) is 13.1 Å². The largest absolute Gasteiger partial charge is 0.480 e. The minimum Gasteiger partial charge on any atom is -0.480 e. The molecule has 1 saturated heterocycles. The van der Waals surface area contributed by atoms with Crippen LogP contribution >= 0.6 is 0 Å². The van der Waals surface area contributed by atoms with Gasteiger partial charge in [0.25, 0.3) is 0 Å². The van der Waals surface area contributed by atoms with E-state index < -0.39 is 5.97 Å². The highest BCUT2D eigenvalue weighted by Crippen LogP contribution is 2.38. The molecule has 0 amide bonds. The van der Waals surface area contributed by atoms with E-state index in [2.05, 4.69) is 0 Å². The third kappa shape index (κ3) is 3.19. The van der Waals surface area contributed by atoms with Crippen molar-refractivity contribution >= 4 is 5.97 Å². The Kier molecular flexibility index (Phi) is 4.05. The Morgan fingerprint density at radius 2 is 2.12 bits per heavy atom. The van der Waals surface area contributed by atoms with Crippen LogP contribution in [0.3, 0.4) is 0 Å². The van der Waals surface area contributed by atoms with Crippen molar-refractivity contribution in [2.24, 2.45) is 11.8 Å². The van der Waals surface area contributed by atoms with Gasteiger partial charge in [-0.25, -0.2) is 0 Å². The van der Waals surface area contributed by atoms with Gasteiger partial charge in [-0.05, 0) is 31.1 Å². The molecule has 98 valence electrons. The fraction of sp³-hybridized carbons (Fsp3) is 0.923. The Morgan fingerprint density at radius 1 is 1.41 bits per heavy atom. The van der Waals surface area contributed by atoms with Crippen LogP contribution in [0, 0.1) is 11.8 Å². The molecule has 2 N–H and O–H groups in total. The summed E-state index contributed by atoms with van der Waals surface area (Å²) in [6.07, 6.45) is 4.80. The predicted octanol–water partition coefficient (Wildman–Crippen LogP) is 1.33. The average Bonchev–Trinajstić information content (AvgIpc) is 3.07. The summed E-state index contributed by atoms with van der Waals surface area (Å²) in [5.74, 6) is 0.346. The maximum atomic E-state index is 11.1. The van der Waals surface area contributed by atoms with Gasteiger partial charge in [-0.15, -0.1) is 0 Å². The van der Waals surface area contributed by atoms with E-state index in [0.29, 0.717) is 13.0 Å². The maximum Gasteiger partial charge on any atom is 0.320 e. The van der Waals surface area contributed by atoms with Crippen molar-refractivity contribution < 1.29 is 15.0 Å². The Hall–Kier alpha value is -0.610. The summed E-state index contributed by atoms with van der Waals surface area (Å²) in [5.41, 5.74) is 0. The number of hydrogen-bond donors (Lipinski definition) is 2. The fourth-order valence-corrected chi connectivity index (χ4v) is 2.93. The fourth-order valence-electron chi connectivity index (χ4n) is 2.93. The van der Waals surface area contributed by atoms with Crippen molar-refractivity contribution in [3.05, 3.63) is 0 Å². The van der Waals surface area contributed by atoms with E-state index in [0.717, 1.165) is 25.3 Å². The number of carboxylic acids is 1. The van der Waals surface area contributed by atoms with Crippen LogP contribution in [0.15, 0.2) is 0 Å². The molecular weight excluding hydrogens is 218 g/mol. The number of aliphatic carboxylic acids is 1. The van der Waals surface area contributed by atoms with Gasteiger partial charge in [0.05, 0.1) is 6.10 Å². The summed E-state index contributed by atoms with van der Waals surface area (Å²) in [5, 5.41) is 19.2. The quantitative estimate of drug-likeness (QED) is 0.762. The smallest absolute Gasteiger partial charge is 0.320 e. The third-order valence-corrected chi connectivity index (χ3v) is 4.17. The molecule has 2 rings (SSSR count). The molecule has 1 saturated carbocycles. The van der Waals surface area contributed by atoms with Crippen LogP contribution in [0.25, 0.3) is 0 Å². The predicted molar refractivity (Wildman–Crippen MR) is 64.7 cm³/mol. The van der Waals surface area contributed by atoms with Gasteiger partial charge in [-0.2, -0.15) is 0 Å². The zero-order chi connectivity index (χ0) is 12.4. The first-order valence-corrected chi connectivity index (χ1v) is 6.76. The monoisotopic (exact) mass is 241 g/mol. The standard InChI is InChI=1S/C13H23NO3/c1-2-11(13(16)17)14-6-5-12(15)10(8-14)7-9-3-4-9/h9-12,15H,2-8H2,1H3,(H,16,17)/t10-,11+,12-/m0/s1. The molecule has 3 atom stereocenters. The second-order valence-corrected chi connectivity index (χ2v) is 5.55. The summed E-state index contributed by atoms with van der Waals surface area (Å²) in [7, 11) is 0. The van der Waals surface area contributed by atoms with E-state index in [1.54, 1.807) is 0 Å². The number of likely N-dealkylation sites (tertiary alicyclic amines) is 1. The van der Waals surface area contributed by atoms with Crippen molar-refractivity contribution in [1.82, 2.24) is 4.90 Å². The molecule has 2 fully saturated rings. The zero-order valence-electron chi connectivity index (χ0n) is 10.5. The topological polar surface area (TPSA) is 60.8 Å². The number of piperidine rings is 1. The van der Waals surface area contributed by atoms with Crippen molar-refractivity contribution in [1.29, 1.82) is 0 Å². The van der Waals surface area contributed by atoms with E-state index in [-0.39, 0.29) is 18.1 Å². The summed E-state index contributed by atoms with van der Waals surface area (Å²) >= 11 is 0. The van der Waals surface area contributed by atoms with Crippen molar-refractivity contribution in [2.45, 2.75) is 51.2 Å². The first-order chi connectivity index (χ1) is 8.11. The Balaban J connectivity index is 1.93. The third-order valence-electron chi connectivity index (χ3n) is 4.17. The van der Waals surface area contributed by atoms with Gasteiger partial charge in [0.2, 0.25) is 0 Å². The van der Waals surface area contributed by atoms with Crippen LogP contribution in [0.5, 0.6) is 0 Å². The Morgan fingerprint density at radius 3 is 2.65 bits per heavy atom. The maximum absolute atomic E-state index is 11.1. The first-order valence-electron chi connectivity index (χ1n) is 6.76. The number of hydrogen-bond acceptors (Lipinski definition) is 3. The van der Waals surface area contributed by atoms with Crippen LogP contribution in [0.1, 0.15) is 39.0 Å². The second-order valence-electron chi connectivity index (χ2n) is 5.55. The number of aliphatic hydroxyl groups is 1. The Labute approximate surface area is 103 Å². The van der Waals surface area contributed by atoms with Crippen LogP contribution in [0.2, 0.25) is 0 Å². The molecule has 0 aromatic carbocycles. The Bertz CT molecular complexity index is 278. The van der Waals surface area contributed by atoms with Crippen molar-refractivity contribution in [2.75, 3.05) is 13.1 Å². The summed E-state index contributed by atoms with van der Waals surface area (Å²) in [6, 6.07) is -0.371. The van der Waals surface area contributed by atoms with Crippen molar-refractivity contribution in [3.63, 3.8) is 0 Å².